The van der Waals surface area contributed by atoms with Gasteiger partial charge in [-0.2, -0.15) is 10.0 Å². The molecule has 186 valence electrons. The lowest BCUT2D eigenvalue weighted by Crippen LogP contribution is -2.32. The summed E-state index contributed by atoms with van der Waals surface area (Å²) < 4.78 is 5.46. The van der Waals surface area contributed by atoms with E-state index in [2.05, 4.69) is 81.9 Å². The largest absolute Gasteiger partial charge is 0.339 e. The van der Waals surface area contributed by atoms with Crippen molar-refractivity contribution in [2.75, 3.05) is 13.1 Å². The molecule has 37 heavy (non-hydrogen) atoms. The molecule has 1 aliphatic heterocycles. The molecule has 0 bridgehead atoms. The van der Waals surface area contributed by atoms with E-state index in [1.807, 2.05) is 30.3 Å². The Morgan fingerprint density at radius 1 is 0.757 bits per heavy atom. The van der Waals surface area contributed by atoms with Gasteiger partial charge < -0.3 is 4.52 Å². The smallest absolute Gasteiger partial charge is 0.227 e. The number of hydrogen-bond donors (Lipinski definition) is 0. The molecule has 5 aromatic rings. The number of piperidine rings is 1. The number of aryl methyl sites for hydroxylation is 2. The van der Waals surface area contributed by atoms with Crippen LogP contribution in [-0.2, 0) is 24.3 Å². The zero-order valence-corrected chi connectivity index (χ0v) is 20.9. The van der Waals surface area contributed by atoms with Gasteiger partial charge in [-0.3, -0.25) is 4.84 Å². The molecule has 0 amide bonds. The molecular weight excluding hydrogens is 458 g/mol. The van der Waals surface area contributed by atoms with Crippen molar-refractivity contribution in [3.63, 3.8) is 0 Å². The average Bonchev–Trinajstić information content (AvgIpc) is 3.45. The Balaban J connectivity index is 0.968. The molecule has 6 rings (SSSR count). The van der Waals surface area contributed by atoms with Gasteiger partial charge in [-0.25, -0.2) is 0 Å². The van der Waals surface area contributed by atoms with Gasteiger partial charge in [0.15, 0.2) is 0 Å². The molecule has 1 fully saturated rings. The molecule has 0 unspecified atom stereocenters. The molecule has 5 nitrogen and oxygen atoms in total. The summed E-state index contributed by atoms with van der Waals surface area (Å²) in [5, 5.41) is 8.79. The van der Waals surface area contributed by atoms with Crippen molar-refractivity contribution in [1.29, 1.82) is 0 Å². The van der Waals surface area contributed by atoms with Crippen molar-refractivity contribution in [1.82, 2.24) is 15.2 Å². The fourth-order valence-corrected chi connectivity index (χ4v) is 5.08. The monoisotopic (exact) mass is 489 g/mol. The van der Waals surface area contributed by atoms with Gasteiger partial charge in [-0.1, -0.05) is 96.2 Å². The van der Waals surface area contributed by atoms with Gasteiger partial charge in [-0.05, 0) is 58.7 Å². The van der Waals surface area contributed by atoms with Crippen LogP contribution in [0.3, 0.4) is 0 Å². The Morgan fingerprint density at radius 2 is 1.49 bits per heavy atom. The van der Waals surface area contributed by atoms with Crippen LogP contribution >= 0.6 is 0 Å². The lowest BCUT2D eigenvalue weighted by atomic mass is 9.89. The van der Waals surface area contributed by atoms with E-state index < -0.39 is 0 Å². The maximum atomic E-state index is 6.14. The highest BCUT2D eigenvalue weighted by Gasteiger charge is 2.21. The average molecular weight is 490 g/mol. The normalized spacial score (nSPS) is 14.8. The summed E-state index contributed by atoms with van der Waals surface area (Å²) in [5.74, 6) is 1.91. The number of rotatable bonds is 8. The van der Waals surface area contributed by atoms with Crippen molar-refractivity contribution in [3.8, 4) is 11.4 Å². The maximum Gasteiger partial charge on any atom is 0.227 e. The van der Waals surface area contributed by atoms with Crippen LogP contribution in [0, 0.1) is 0 Å². The molecule has 1 aromatic heterocycles. The van der Waals surface area contributed by atoms with Gasteiger partial charge in [0, 0.05) is 25.1 Å². The Kier molecular flexibility index (Phi) is 7.06. The molecule has 0 saturated carbocycles. The molecule has 0 aliphatic carbocycles. The minimum absolute atomic E-state index is 0.582. The quantitative estimate of drug-likeness (QED) is 0.235. The van der Waals surface area contributed by atoms with Crippen LogP contribution in [0.4, 0.5) is 0 Å². The van der Waals surface area contributed by atoms with Crippen molar-refractivity contribution < 1.29 is 9.36 Å². The van der Waals surface area contributed by atoms with E-state index in [9.17, 15) is 0 Å². The number of nitrogens with zero attached hydrogens (tertiary/aromatic N) is 3. The van der Waals surface area contributed by atoms with E-state index in [4.69, 9.17) is 9.36 Å². The van der Waals surface area contributed by atoms with Gasteiger partial charge in [0.25, 0.3) is 0 Å². The summed E-state index contributed by atoms with van der Waals surface area (Å²) in [4.78, 5) is 10.7. The molecule has 0 N–H and O–H groups in total. The first-order valence-corrected chi connectivity index (χ1v) is 13.1. The standard InChI is InChI=1S/C32H31N3O2/c1-2-7-29(8-3-1)32-33-31(37-34-32)17-13-24-10-14-27(15-11-24)28-18-20-35(21-19-28)36-23-25-12-16-26-6-4-5-9-30(26)22-25/h1-12,14-16,22,28H,13,17-21,23H2. The number of hydroxylamine groups is 2. The molecule has 1 aliphatic rings. The summed E-state index contributed by atoms with van der Waals surface area (Å²) in [5.41, 5.74) is 4.90. The van der Waals surface area contributed by atoms with E-state index in [1.165, 1.54) is 27.5 Å². The molecule has 1 saturated heterocycles. The zero-order valence-electron chi connectivity index (χ0n) is 20.9. The fraction of sp³-hybridized carbons (Fsp3) is 0.250. The highest BCUT2D eigenvalue weighted by Crippen LogP contribution is 2.29. The highest BCUT2D eigenvalue weighted by molar-refractivity contribution is 5.82. The van der Waals surface area contributed by atoms with Crippen LogP contribution < -0.4 is 0 Å². The van der Waals surface area contributed by atoms with Crippen LogP contribution in [0.5, 0.6) is 0 Å². The van der Waals surface area contributed by atoms with E-state index >= 15 is 0 Å². The maximum absolute atomic E-state index is 6.14. The topological polar surface area (TPSA) is 51.4 Å². The van der Waals surface area contributed by atoms with Crippen molar-refractivity contribution >= 4 is 10.8 Å². The van der Waals surface area contributed by atoms with E-state index in [-0.39, 0.29) is 0 Å². The summed E-state index contributed by atoms with van der Waals surface area (Å²) in [6.07, 6.45) is 3.85. The molecule has 2 heterocycles. The second kappa shape index (κ2) is 11.1. The summed E-state index contributed by atoms with van der Waals surface area (Å²) in [7, 11) is 0. The minimum Gasteiger partial charge on any atom is -0.339 e. The van der Waals surface area contributed by atoms with Crippen LogP contribution in [0.2, 0.25) is 0 Å². The van der Waals surface area contributed by atoms with E-state index in [1.54, 1.807) is 0 Å². The Labute approximate surface area is 217 Å². The minimum atomic E-state index is 0.582. The first-order chi connectivity index (χ1) is 18.3. The van der Waals surface area contributed by atoms with Gasteiger partial charge in [-0.15, -0.1) is 0 Å². The highest BCUT2D eigenvalue weighted by atomic mass is 16.7. The van der Waals surface area contributed by atoms with Crippen molar-refractivity contribution in [2.24, 2.45) is 0 Å². The van der Waals surface area contributed by atoms with Crippen molar-refractivity contribution in [3.05, 3.63) is 120 Å². The number of aromatic nitrogens is 2. The van der Waals surface area contributed by atoms with E-state index in [0.29, 0.717) is 24.2 Å². The molecule has 4 aromatic carbocycles. The van der Waals surface area contributed by atoms with Gasteiger partial charge in [0.05, 0.1) is 6.61 Å². The zero-order chi connectivity index (χ0) is 24.9. The summed E-state index contributed by atoms with van der Waals surface area (Å²) >= 11 is 0. The van der Waals surface area contributed by atoms with Crippen LogP contribution in [0.25, 0.3) is 22.2 Å². The fourth-order valence-electron chi connectivity index (χ4n) is 5.08. The summed E-state index contributed by atoms with van der Waals surface area (Å²) in [6.45, 7) is 2.54. The first-order valence-electron chi connectivity index (χ1n) is 13.1. The van der Waals surface area contributed by atoms with Gasteiger partial charge >= 0.3 is 0 Å². The third-order valence-electron chi connectivity index (χ3n) is 7.26. The van der Waals surface area contributed by atoms with Crippen LogP contribution in [0.15, 0.2) is 102 Å². The Morgan fingerprint density at radius 3 is 2.30 bits per heavy atom. The first kappa shape index (κ1) is 23.6. The number of benzene rings is 4. The predicted octanol–water partition coefficient (Wildman–Crippen LogP) is 6.99. The molecule has 0 atom stereocenters. The molecule has 5 heteroatoms. The predicted molar refractivity (Wildman–Crippen MR) is 146 cm³/mol. The lowest BCUT2D eigenvalue weighted by Gasteiger charge is -2.31. The van der Waals surface area contributed by atoms with Crippen LogP contribution in [-0.4, -0.2) is 28.3 Å². The van der Waals surface area contributed by atoms with Crippen molar-refractivity contribution in [2.45, 2.75) is 38.2 Å². The Bertz CT molecular complexity index is 1440. The molecule has 0 radical (unpaired) electrons. The second-order valence-electron chi connectivity index (χ2n) is 9.78. The SMILES string of the molecule is c1ccc(-c2noc(CCc3ccc(C4CCN(OCc5ccc6ccccc6c5)CC4)cc3)n2)cc1. The van der Waals surface area contributed by atoms with E-state index in [0.717, 1.165) is 44.3 Å². The van der Waals surface area contributed by atoms with Gasteiger partial charge in [0.2, 0.25) is 11.7 Å². The summed E-state index contributed by atoms with van der Waals surface area (Å²) in [6, 6.07) is 34.0. The van der Waals surface area contributed by atoms with Gasteiger partial charge in [0.1, 0.15) is 0 Å². The molecule has 0 spiro atoms. The Hall–Kier alpha value is -3.80. The molecular formula is C32H31N3O2. The van der Waals surface area contributed by atoms with Crippen LogP contribution in [0.1, 0.15) is 41.3 Å². The lowest BCUT2D eigenvalue weighted by molar-refractivity contribution is -0.180. The third-order valence-corrected chi connectivity index (χ3v) is 7.26. The number of hydrogen-bond acceptors (Lipinski definition) is 5. The second-order valence-corrected chi connectivity index (χ2v) is 9.78. The number of fused-ring (bicyclic) bond motifs is 1. The third kappa shape index (κ3) is 5.79.